The van der Waals surface area contributed by atoms with E-state index in [1.807, 2.05) is 24.0 Å². The third-order valence-electron chi connectivity index (χ3n) is 5.82. The number of piperidine rings is 1. The molecule has 1 atom stereocenters. The van der Waals surface area contributed by atoms with E-state index in [0.717, 1.165) is 37.9 Å². The lowest BCUT2D eigenvalue weighted by Gasteiger charge is -2.51. The van der Waals surface area contributed by atoms with Crippen molar-refractivity contribution in [3.05, 3.63) is 35.4 Å². The highest BCUT2D eigenvalue weighted by molar-refractivity contribution is 5.93. The molecule has 0 aromatic heterocycles. The summed E-state index contributed by atoms with van der Waals surface area (Å²) in [7, 11) is 0. The Labute approximate surface area is 151 Å². The van der Waals surface area contributed by atoms with E-state index < -0.39 is 5.54 Å². The van der Waals surface area contributed by atoms with Crippen molar-refractivity contribution in [2.75, 3.05) is 19.6 Å². The summed E-state index contributed by atoms with van der Waals surface area (Å²) in [6.07, 6.45) is 4.52. The summed E-state index contributed by atoms with van der Waals surface area (Å²) in [6, 6.07) is 8.27. The predicted octanol–water partition coefficient (Wildman–Crippen LogP) is 3.36. The summed E-state index contributed by atoms with van der Waals surface area (Å²) in [4.78, 5) is 29.4. The number of carbonyl (C=O) groups is 2. The van der Waals surface area contributed by atoms with Crippen molar-refractivity contribution in [1.82, 2.24) is 9.80 Å². The zero-order valence-corrected chi connectivity index (χ0v) is 15.8. The molecule has 0 bridgehead atoms. The van der Waals surface area contributed by atoms with Crippen LogP contribution in [-0.4, -0.2) is 46.8 Å². The van der Waals surface area contributed by atoms with Gasteiger partial charge in [0, 0.05) is 19.6 Å². The fourth-order valence-electron chi connectivity index (χ4n) is 3.91. The van der Waals surface area contributed by atoms with Crippen molar-refractivity contribution in [2.24, 2.45) is 0 Å². The SMILES string of the molecule is CC(C)c1ccc(CC(=O)N2CCC2(C)C(=O)N2CCCCC2)cc1. The van der Waals surface area contributed by atoms with Crippen molar-refractivity contribution >= 4 is 11.8 Å². The Kier molecular flexibility index (Phi) is 5.16. The van der Waals surface area contributed by atoms with Gasteiger partial charge in [0.2, 0.25) is 11.8 Å². The minimum absolute atomic E-state index is 0.0661. The van der Waals surface area contributed by atoms with Gasteiger partial charge in [0.05, 0.1) is 6.42 Å². The average molecular weight is 342 g/mol. The minimum atomic E-state index is -0.633. The maximum atomic E-state index is 12.9. The number of hydrogen-bond acceptors (Lipinski definition) is 2. The molecule has 4 nitrogen and oxygen atoms in total. The number of nitrogens with zero attached hydrogens (tertiary/aromatic N) is 2. The highest BCUT2D eigenvalue weighted by Gasteiger charge is 2.50. The van der Waals surface area contributed by atoms with Crippen LogP contribution in [0.2, 0.25) is 0 Å². The topological polar surface area (TPSA) is 40.6 Å². The summed E-state index contributed by atoms with van der Waals surface area (Å²) in [5.74, 6) is 0.698. The fourth-order valence-corrected chi connectivity index (χ4v) is 3.91. The molecular weight excluding hydrogens is 312 g/mol. The van der Waals surface area contributed by atoms with E-state index in [9.17, 15) is 9.59 Å². The lowest BCUT2D eigenvalue weighted by atomic mass is 9.84. The number of amides is 2. The highest BCUT2D eigenvalue weighted by Crippen LogP contribution is 2.33. The van der Waals surface area contributed by atoms with Crippen LogP contribution >= 0.6 is 0 Å². The second-order valence-corrected chi connectivity index (χ2v) is 8.00. The molecule has 2 aliphatic rings. The van der Waals surface area contributed by atoms with Crippen LogP contribution in [0.5, 0.6) is 0 Å². The van der Waals surface area contributed by atoms with Crippen LogP contribution in [0.1, 0.15) is 63.5 Å². The molecule has 2 aliphatic heterocycles. The Hall–Kier alpha value is -1.84. The largest absolute Gasteiger partial charge is 0.341 e. The quantitative estimate of drug-likeness (QED) is 0.842. The van der Waals surface area contributed by atoms with E-state index in [4.69, 9.17) is 0 Å². The van der Waals surface area contributed by atoms with Gasteiger partial charge in [-0.15, -0.1) is 0 Å². The Bertz CT molecular complexity index is 632. The van der Waals surface area contributed by atoms with Crippen molar-refractivity contribution in [1.29, 1.82) is 0 Å². The third-order valence-corrected chi connectivity index (χ3v) is 5.82. The van der Waals surface area contributed by atoms with Crippen LogP contribution < -0.4 is 0 Å². The number of likely N-dealkylation sites (tertiary alicyclic amines) is 2. The van der Waals surface area contributed by atoms with Gasteiger partial charge in [-0.3, -0.25) is 9.59 Å². The van der Waals surface area contributed by atoms with E-state index in [1.165, 1.54) is 12.0 Å². The Morgan fingerprint density at radius 2 is 1.68 bits per heavy atom. The Balaban J connectivity index is 1.64. The van der Waals surface area contributed by atoms with Crippen LogP contribution in [-0.2, 0) is 16.0 Å². The summed E-state index contributed by atoms with van der Waals surface area (Å²) in [5.41, 5.74) is 1.67. The van der Waals surface area contributed by atoms with Gasteiger partial charge < -0.3 is 9.80 Å². The second kappa shape index (κ2) is 7.19. The van der Waals surface area contributed by atoms with Crippen molar-refractivity contribution in [2.45, 2.75) is 64.3 Å². The van der Waals surface area contributed by atoms with Crippen LogP contribution in [0.15, 0.2) is 24.3 Å². The molecule has 0 N–H and O–H groups in total. The lowest BCUT2D eigenvalue weighted by Crippen LogP contribution is -2.68. The summed E-state index contributed by atoms with van der Waals surface area (Å²) < 4.78 is 0. The molecule has 0 spiro atoms. The monoisotopic (exact) mass is 342 g/mol. The molecule has 2 fully saturated rings. The number of carbonyl (C=O) groups excluding carboxylic acids is 2. The molecule has 4 heteroatoms. The number of hydrogen-bond donors (Lipinski definition) is 0. The summed E-state index contributed by atoms with van der Waals surface area (Å²) in [6.45, 7) is 8.64. The molecule has 2 amide bonds. The van der Waals surface area contributed by atoms with Gasteiger partial charge in [-0.25, -0.2) is 0 Å². The Morgan fingerprint density at radius 3 is 2.20 bits per heavy atom. The summed E-state index contributed by atoms with van der Waals surface area (Å²) in [5, 5.41) is 0. The average Bonchev–Trinajstić information content (AvgIpc) is 2.60. The molecule has 1 aromatic rings. The molecule has 0 radical (unpaired) electrons. The zero-order chi connectivity index (χ0) is 18.0. The van der Waals surface area contributed by atoms with E-state index in [-0.39, 0.29) is 11.8 Å². The fraction of sp³-hybridized carbons (Fsp3) is 0.619. The first-order valence-electron chi connectivity index (χ1n) is 9.60. The lowest BCUT2D eigenvalue weighted by molar-refractivity contribution is -0.164. The smallest absolute Gasteiger partial charge is 0.248 e. The van der Waals surface area contributed by atoms with Gasteiger partial charge in [0.15, 0.2) is 0 Å². The Morgan fingerprint density at radius 1 is 1.04 bits per heavy atom. The molecule has 1 aromatic carbocycles. The van der Waals surface area contributed by atoms with Crippen LogP contribution in [0, 0.1) is 0 Å². The second-order valence-electron chi connectivity index (χ2n) is 8.00. The first-order chi connectivity index (χ1) is 11.9. The molecule has 136 valence electrons. The van der Waals surface area contributed by atoms with Gasteiger partial charge in [-0.05, 0) is 49.7 Å². The van der Waals surface area contributed by atoms with Crippen LogP contribution in [0.3, 0.4) is 0 Å². The van der Waals surface area contributed by atoms with Crippen molar-refractivity contribution in [3.8, 4) is 0 Å². The van der Waals surface area contributed by atoms with Gasteiger partial charge in [-0.1, -0.05) is 38.1 Å². The summed E-state index contributed by atoms with van der Waals surface area (Å²) >= 11 is 0. The molecule has 2 saturated heterocycles. The number of benzene rings is 1. The van der Waals surface area contributed by atoms with E-state index in [2.05, 4.69) is 26.0 Å². The van der Waals surface area contributed by atoms with Crippen molar-refractivity contribution in [3.63, 3.8) is 0 Å². The zero-order valence-electron chi connectivity index (χ0n) is 15.8. The van der Waals surface area contributed by atoms with Gasteiger partial charge in [0.25, 0.3) is 0 Å². The van der Waals surface area contributed by atoms with E-state index in [0.29, 0.717) is 18.9 Å². The van der Waals surface area contributed by atoms with Gasteiger partial charge >= 0.3 is 0 Å². The molecule has 0 aliphatic carbocycles. The first kappa shape index (κ1) is 18.0. The minimum Gasteiger partial charge on any atom is -0.341 e. The first-order valence-corrected chi connectivity index (χ1v) is 9.60. The molecule has 0 saturated carbocycles. The molecular formula is C21H30N2O2. The maximum Gasteiger partial charge on any atom is 0.248 e. The van der Waals surface area contributed by atoms with Gasteiger partial charge in [0.1, 0.15) is 5.54 Å². The molecule has 3 rings (SSSR count). The number of rotatable bonds is 4. The maximum absolute atomic E-state index is 12.9. The van der Waals surface area contributed by atoms with E-state index in [1.54, 1.807) is 4.90 Å². The van der Waals surface area contributed by atoms with E-state index >= 15 is 0 Å². The van der Waals surface area contributed by atoms with Gasteiger partial charge in [-0.2, -0.15) is 0 Å². The highest BCUT2D eigenvalue weighted by atomic mass is 16.2. The molecule has 1 unspecified atom stereocenters. The molecule has 2 heterocycles. The standard InChI is InChI=1S/C21H30N2O2/c1-16(2)18-9-7-17(8-10-18)15-19(24)23-14-11-21(23,3)20(25)22-12-5-4-6-13-22/h7-10,16H,4-6,11-15H2,1-3H3. The predicted molar refractivity (Wildman–Crippen MR) is 99.4 cm³/mol. The van der Waals surface area contributed by atoms with Crippen LogP contribution in [0.4, 0.5) is 0 Å². The third kappa shape index (κ3) is 3.58. The normalized spacial score (nSPS) is 23.5. The molecule has 25 heavy (non-hydrogen) atoms. The van der Waals surface area contributed by atoms with Crippen LogP contribution in [0.25, 0.3) is 0 Å². The van der Waals surface area contributed by atoms with Crippen molar-refractivity contribution < 1.29 is 9.59 Å².